The SMILES string of the molecule is CCCOc1ccccc1Nc1nc(Cl)nc2sc3c(c12)CCC3. The monoisotopic (exact) mass is 359 g/mol. The van der Waals surface area contributed by atoms with Crippen molar-refractivity contribution >= 4 is 44.7 Å². The summed E-state index contributed by atoms with van der Waals surface area (Å²) in [6.07, 6.45) is 4.39. The average Bonchev–Trinajstić information content (AvgIpc) is 3.14. The summed E-state index contributed by atoms with van der Waals surface area (Å²) in [5, 5.41) is 4.82. The van der Waals surface area contributed by atoms with E-state index >= 15 is 0 Å². The van der Waals surface area contributed by atoms with Crippen LogP contribution in [0.3, 0.4) is 0 Å². The Morgan fingerprint density at radius 2 is 2.12 bits per heavy atom. The fourth-order valence-corrected chi connectivity index (χ4v) is 4.58. The van der Waals surface area contributed by atoms with Gasteiger partial charge in [-0.2, -0.15) is 4.98 Å². The molecule has 3 aromatic rings. The number of aryl methyl sites for hydroxylation is 2. The lowest BCUT2D eigenvalue weighted by Crippen LogP contribution is -2.01. The van der Waals surface area contributed by atoms with Crippen molar-refractivity contribution in [3.8, 4) is 5.75 Å². The molecule has 0 unspecified atom stereocenters. The molecule has 4 nitrogen and oxygen atoms in total. The van der Waals surface area contributed by atoms with Gasteiger partial charge in [0.2, 0.25) is 5.28 Å². The smallest absolute Gasteiger partial charge is 0.225 e. The molecule has 1 N–H and O–H groups in total. The number of fused-ring (bicyclic) bond motifs is 3. The van der Waals surface area contributed by atoms with E-state index in [-0.39, 0.29) is 5.28 Å². The van der Waals surface area contributed by atoms with Crippen LogP contribution in [0.2, 0.25) is 5.28 Å². The van der Waals surface area contributed by atoms with Gasteiger partial charge < -0.3 is 10.1 Å². The molecule has 2 aromatic heterocycles. The standard InChI is InChI=1S/C18H18ClN3OS/c1-2-10-23-13-8-4-3-7-12(13)20-16-15-11-6-5-9-14(11)24-17(15)22-18(19)21-16/h3-4,7-8H,2,5-6,9-10H2,1H3,(H,20,21,22). The molecule has 0 radical (unpaired) electrons. The molecular formula is C18H18ClN3OS. The van der Waals surface area contributed by atoms with Crippen molar-refractivity contribution in [1.29, 1.82) is 0 Å². The number of hydrogen-bond acceptors (Lipinski definition) is 5. The van der Waals surface area contributed by atoms with Gasteiger partial charge in [-0.15, -0.1) is 11.3 Å². The van der Waals surface area contributed by atoms with Gasteiger partial charge >= 0.3 is 0 Å². The molecule has 0 fully saturated rings. The lowest BCUT2D eigenvalue weighted by Gasteiger charge is -2.13. The largest absolute Gasteiger partial charge is 0.491 e. The van der Waals surface area contributed by atoms with Crippen molar-refractivity contribution in [2.24, 2.45) is 0 Å². The number of anilines is 2. The molecule has 0 saturated heterocycles. The maximum absolute atomic E-state index is 6.15. The van der Waals surface area contributed by atoms with Crippen LogP contribution >= 0.6 is 22.9 Å². The first-order valence-corrected chi connectivity index (χ1v) is 9.42. The second-order valence-corrected chi connectivity index (χ2v) is 7.27. The van der Waals surface area contributed by atoms with E-state index in [0.717, 1.165) is 46.7 Å². The van der Waals surface area contributed by atoms with Gasteiger partial charge in [0.15, 0.2) is 0 Å². The van der Waals surface area contributed by atoms with E-state index in [1.807, 2.05) is 24.3 Å². The number of thiophene rings is 1. The van der Waals surface area contributed by atoms with Gasteiger partial charge in [0.25, 0.3) is 0 Å². The second kappa shape index (κ2) is 6.57. The Morgan fingerprint density at radius 1 is 1.25 bits per heavy atom. The molecule has 4 rings (SSSR count). The van der Waals surface area contributed by atoms with Gasteiger partial charge in [0.1, 0.15) is 16.4 Å². The first-order valence-electron chi connectivity index (χ1n) is 8.23. The average molecular weight is 360 g/mol. The van der Waals surface area contributed by atoms with Crippen LogP contribution in [0.15, 0.2) is 24.3 Å². The summed E-state index contributed by atoms with van der Waals surface area (Å²) in [5.41, 5.74) is 2.28. The molecule has 0 aliphatic heterocycles. The van der Waals surface area contributed by atoms with Gasteiger partial charge in [-0.05, 0) is 55.0 Å². The summed E-state index contributed by atoms with van der Waals surface area (Å²) in [4.78, 5) is 11.3. The number of nitrogens with zero attached hydrogens (tertiary/aromatic N) is 2. The molecule has 1 aliphatic carbocycles. The molecule has 2 heterocycles. The molecule has 24 heavy (non-hydrogen) atoms. The third-order valence-electron chi connectivity index (χ3n) is 4.14. The van der Waals surface area contributed by atoms with Crippen LogP contribution in [-0.4, -0.2) is 16.6 Å². The van der Waals surface area contributed by atoms with Crippen molar-refractivity contribution in [2.75, 3.05) is 11.9 Å². The highest BCUT2D eigenvalue weighted by Gasteiger charge is 2.22. The minimum Gasteiger partial charge on any atom is -0.491 e. The Morgan fingerprint density at radius 3 is 3.00 bits per heavy atom. The molecule has 0 spiro atoms. The summed E-state index contributed by atoms with van der Waals surface area (Å²) in [6, 6.07) is 7.93. The number of benzene rings is 1. The summed E-state index contributed by atoms with van der Waals surface area (Å²) in [6.45, 7) is 2.78. The zero-order valence-corrected chi connectivity index (χ0v) is 15.0. The van der Waals surface area contributed by atoms with Crippen molar-refractivity contribution < 1.29 is 4.74 Å². The molecule has 0 saturated carbocycles. The van der Waals surface area contributed by atoms with E-state index < -0.39 is 0 Å². The van der Waals surface area contributed by atoms with E-state index in [1.165, 1.54) is 16.9 Å². The number of para-hydroxylation sites is 2. The summed E-state index contributed by atoms with van der Waals surface area (Å²) >= 11 is 7.89. The molecule has 0 bridgehead atoms. The minimum absolute atomic E-state index is 0.275. The highest BCUT2D eigenvalue weighted by molar-refractivity contribution is 7.19. The molecule has 0 amide bonds. The third-order valence-corrected chi connectivity index (χ3v) is 5.49. The summed E-state index contributed by atoms with van der Waals surface area (Å²) < 4.78 is 5.84. The summed E-state index contributed by atoms with van der Waals surface area (Å²) in [5.74, 6) is 1.60. The van der Waals surface area contributed by atoms with Crippen LogP contribution in [0.25, 0.3) is 10.2 Å². The number of nitrogens with one attached hydrogen (secondary N) is 1. The fraction of sp³-hybridized carbons (Fsp3) is 0.333. The van der Waals surface area contributed by atoms with Crippen LogP contribution in [-0.2, 0) is 12.8 Å². The predicted octanol–water partition coefficient (Wildman–Crippen LogP) is 5.37. The van der Waals surface area contributed by atoms with Crippen molar-refractivity contribution in [3.63, 3.8) is 0 Å². The molecule has 124 valence electrons. The van der Waals surface area contributed by atoms with Gasteiger partial charge in [-0.1, -0.05) is 19.1 Å². The molecule has 6 heteroatoms. The number of aromatic nitrogens is 2. The van der Waals surface area contributed by atoms with Crippen molar-refractivity contribution in [2.45, 2.75) is 32.6 Å². The Balaban J connectivity index is 1.78. The van der Waals surface area contributed by atoms with E-state index in [2.05, 4.69) is 22.2 Å². The maximum atomic E-state index is 6.15. The Bertz CT molecular complexity index is 893. The van der Waals surface area contributed by atoms with Gasteiger partial charge in [0.05, 0.1) is 17.7 Å². The van der Waals surface area contributed by atoms with Crippen LogP contribution < -0.4 is 10.1 Å². The van der Waals surface area contributed by atoms with Gasteiger partial charge in [-0.3, -0.25) is 0 Å². The van der Waals surface area contributed by atoms with Crippen LogP contribution in [0.1, 0.15) is 30.2 Å². The van der Waals surface area contributed by atoms with Crippen molar-refractivity contribution in [1.82, 2.24) is 9.97 Å². The van der Waals surface area contributed by atoms with Gasteiger partial charge in [0, 0.05) is 4.88 Å². The van der Waals surface area contributed by atoms with E-state index in [4.69, 9.17) is 16.3 Å². The van der Waals surface area contributed by atoms with Crippen molar-refractivity contribution in [3.05, 3.63) is 40.0 Å². The Kier molecular flexibility index (Phi) is 4.29. The number of halogens is 1. The van der Waals surface area contributed by atoms with Crippen LogP contribution in [0.4, 0.5) is 11.5 Å². The normalized spacial score (nSPS) is 13.2. The fourth-order valence-electron chi connectivity index (χ4n) is 3.10. The van der Waals surface area contributed by atoms with E-state index in [1.54, 1.807) is 11.3 Å². The topological polar surface area (TPSA) is 47.0 Å². The highest BCUT2D eigenvalue weighted by atomic mass is 35.5. The molecule has 1 aliphatic rings. The molecule has 1 aromatic carbocycles. The molecule has 0 atom stereocenters. The Hall–Kier alpha value is -1.85. The molecular weight excluding hydrogens is 342 g/mol. The quantitative estimate of drug-likeness (QED) is 0.622. The zero-order chi connectivity index (χ0) is 16.5. The highest BCUT2D eigenvalue weighted by Crippen LogP contribution is 2.41. The maximum Gasteiger partial charge on any atom is 0.225 e. The predicted molar refractivity (Wildman–Crippen MR) is 100.0 cm³/mol. The Labute approximate surface area is 149 Å². The second-order valence-electron chi connectivity index (χ2n) is 5.85. The van der Waals surface area contributed by atoms with E-state index in [9.17, 15) is 0 Å². The van der Waals surface area contributed by atoms with Crippen LogP contribution in [0.5, 0.6) is 5.75 Å². The zero-order valence-electron chi connectivity index (χ0n) is 13.4. The third kappa shape index (κ3) is 2.82. The van der Waals surface area contributed by atoms with Gasteiger partial charge in [-0.25, -0.2) is 4.98 Å². The number of rotatable bonds is 5. The first kappa shape index (κ1) is 15.7. The number of hydrogen-bond donors (Lipinski definition) is 1. The lowest BCUT2D eigenvalue weighted by atomic mass is 10.2. The number of ether oxygens (including phenoxy) is 1. The summed E-state index contributed by atoms with van der Waals surface area (Å²) in [7, 11) is 0. The lowest BCUT2D eigenvalue weighted by molar-refractivity contribution is 0.319. The van der Waals surface area contributed by atoms with Crippen LogP contribution in [0, 0.1) is 0 Å². The first-order chi connectivity index (χ1) is 11.8. The van der Waals surface area contributed by atoms with E-state index in [0.29, 0.717) is 6.61 Å². The minimum atomic E-state index is 0.275.